The van der Waals surface area contributed by atoms with Gasteiger partial charge in [-0.05, 0) is 48.9 Å². The van der Waals surface area contributed by atoms with Gasteiger partial charge in [0.2, 0.25) is 0 Å². The number of amides is 1. The van der Waals surface area contributed by atoms with Gasteiger partial charge in [0.1, 0.15) is 5.82 Å². The lowest BCUT2D eigenvalue weighted by molar-refractivity contribution is 0.102. The van der Waals surface area contributed by atoms with Crippen molar-refractivity contribution in [3.8, 4) is 0 Å². The number of rotatable bonds is 3. The van der Waals surface area contributed by atoms with Crippen LogP contribution in [0.3, 0.4) is 0 Å². The highest BCUT2D eigenvalue weighted by molar-refractivity contribution is 7.90. The van der Waals surface area contributed by atoms with Gasteiger partial charge in [0, 0.05) is 11.8 Å². The van der Waals surface area contributed by atoms with Crippen molar-refractivity contribution in [3.63, 3.8) is 0 Å². The molecule has 0 radical (unpaired) electrons. The van der Waals surface area contributed by atoms with Gasteiger partial charge < -0.3 is 5.32 Å². The summed E-state index contributed by atoms with van der Waals surface area (Å²) in [6.07, 6.45) is 1.09. The Kier molecular flexibility index (Phi) is 4.09. The molecule has 0 spiro atoms. The molecule has 0 saturated carbocycles. The van der Waals surface area contributed by atoms with Crippen LogP contribution in [0.25, 0.3) is 0 Å². The molecule has 6 heteroatoms. The number of hydrogen-bond donors (Lipinski definition) is 1. The molecular formula is C15H14FNO3S. The fraction of sp³-hybridized carbons (Fsp3) is 0.133. The number of aryl methyl sites for hydroxylation is 1. The summed E-state index contributed by atoms with van der Waals surface area (Å²) < 4.78 is 36.3. The molecule has 110 valence electrons. The standard InChI is InChI=1S/C15H14FNO3S/c1-10-3-8-14(13(16)9-10)17-15(18)11-4-6-12(7-5-11)21(2,19)20/h3-9H,1-2H3,(H,17,18). The van der Waals surface area contributed by atoms with Crippen LogP contribution in [-0.2, 0) is 9.84 Å². The lowest BCUT2D eigenvalue weighted by atomic mass is 10.2. The van der Waals surface area contributed by atoms with E-state index in [9.17, 15) is 17.6 Å². The molecule has 0 saturated heterocycles. The Morgan fingerprint density at radius 3 is 2.24 bits per heavy atom. The second-order valence-corrected chi connectivity index (χ2v) is 6.75. The minimum atomic E-state index is -3.31. The molecule has 0 unspecified atom stereocenters. The van der Waals surface area contributed by atoms with E-state index in [1.807, 2.05) is 0 Å². The van der Waals surface area contributed by atoms with Crippen molar-refractivity contribution in [1.29, 1.82) is 0 Å². The molecule has 4 nitrogen and oxygen atoms in total. The molecule has 0 aliphatic carbocycles. The van der Waals surface area contributed by atoms with Crippen LogP contribution in [0.15, 0.2) is 47.4 Å². The molecule has 2 rings (SSSR count). The topological polar surface area (TPSA) is 63.2 Å². The molecular weight excluding hydrogens is 293 g/mol. The van der Waals surface area contributed by atoms with Gasteiger partial charge in [-0.3, -0.25) is 4.79 Å². The molecule has 0 heterocycles. The van der Waals surface area contributed by atoms with E-state index >= 15 is 0 Å². The Bertz CT molecular complexity index is 783. The molecule has 0 aliphatic heterocycles. The van der Waals surface area contributed by atoms with Crippen LogP contribution in [0.4, 0.5) is 10.1 Å². The molecule has 0 aromatic heterocycles. The maximum Gasteiger partial charge on any atom is 0.255 e. The average Bonchev–Trinajstić information content (AvgIpc) is 2.41. The third-order valence-electron chi connectivity index (χ3n) is 2.92. The number of carbonyl (C=O) groups is 1. The zero-order valence-electron chi connectivity index (χ0n) is 11.6. The summed E-state index contributed by atoms with van der Waals surface area (Å²) in [4.78, 5) is 12.1. The van der Waals surface area contributed by atoms with Gasteiger partial charge >= 0.3 is 0 Å². The predicted molar refractivity (Wildman–Crippen MR) is 78.6 cm³/mol. The summed E-state index contributed by atoms with van der Waals surface area (Å²) in [5.41, 5.74) is 1.09. The molecule has 0 fully saturated rings. The molecule has 0 bridgehead atoms. The van der Waals surface area contributed by atoms with Crippen LogP contribution >= 0.6 is 0 Å². The highest BCUT2D eigenvalue weighted by Gasteiger charge is 2.11. The maximum atomic E-state index is 13.7. The van der Waals surface area contributed by atoms with E-state index in [4.69, 9.17) is 0 Å². The number of benzene rings is 2. The third-order valence-corrected chi connectivity index (χ3v) is 4.05. The Hall–Kier alpha value is -2.21. The predicted octanol–water partition coefficient (Wildman–Crippen LogP) is 2.79. The first-order valence-corrected chi connectivity index (χ1v) is 8.04. The third kappa shape index (κ3) is 3.66. The average molecular weight is 307 g/mol. The largest absolute Gasteiger partial charge is 0.319 e. The van der Waals surface area contributed by atoms with E-state index in [0.29, 0.717) is 0 Å². The van der Waals surface area contributed by atoms with E-state index in [1.165, 1.54) is 36.4 Å². The lowest BCUT2D eigenvalue weighted by Crippen LogP contribution is -2.13. The highest BCUT2D eigenvalue weighted by Crippen LogP contribution is 2.17. The first-order valence-electron chi connectivity index (χ1n) is 6.15. The van der Waals surface area contributed by atoms with Gasteiger partial charge in [-0.15, -0.1) is 0 Å². The summed E-state index contributed by atoms with van der Waals surface area (Å²) in [6.45, 7) is 1.75. The van der Waals surface area contributed by atoms with Crippen LogP contribution in [0.1, 0.15) is 15.9 Å². The van der Waals surface area contributed by atoms with Crippen LogP contribution in [0.5, 0.6) is 0 Å². The molecule has 2 aromatic rings. The SMILES string of the molecule is Cc1ccc(NC(=O)c2ccc(S(C)(=O)=O)cc2)c(F)c1. The van der Waals surface area contributed by atoms with Crippen molar-refractivity contribution in [3.05, 3.63) is 59.4 Å². The highest BCUT2D eigenvalue weighted by atomic mass is 32.2. The zero-order chi connectivity index (χ0) is 15.6. The monoisotopic (exact) mass is 307 g/mol. The smallest absolute Gasteiger partial charge is 0.255 e. The van der Waals surface area contributed by atoms with Crippen LogP contribution in [0.2, 0.25) is 0 Å². The first kappa shape index (κ1) is 15.2. The van der Waals surface area contributed by atoms with Crippen molar-refractivity contribution in [1.82, 2.24) is 0 Å². The zero-order valence-corrected chi connectivity index (χ0v) is 12.4. The maximum absolute atomic E-state index is 13.7. The van der Waals surface area contributed by atoms with Crippen molar-refractivity contribution >= 4 is 21.4 Å². The Labute approximate surface area is 122 Å². The normalized spacial score (nSPS) is 11.2. The van der Waals surface area contributed by atoms with E-state index in [0.717, 1.165) is 11.8 Å². The fourth-order valence-electron chi connectivity index (χ4n) is 1.77. The van der Waals surface area contributed by atoms with Crippen LogP contribution in [0, 0.1) is 12.7 Å². The van der Waals surface area contributed by atoms with E-state index in [-0.39, 0.29) is 16.1 Å². The number of nitrogens with one attached hydrogen (secondary N) is 1. The number of anilines is 1. The quantitative estimate of drug-likeness (QED) is 0.948. The van der Waals surface area contributed by atoms with Crippen LogP contribution < -0.4 is 5.32 Å². The summed E-state index contributed by atoms with van der Waals surface area (Å²) in [7, 11) is -3.31. The Morgan fingerprint density at radius 1 is 1.10 bits per heavy atom. The van der Waals surface area contributed by atoms with Gasteiger partial charge in [0.25, 0.3) is 5.91 Å². The number of hydrogen-bond acceptors (Lipinski definition) is 3. The summed E-state index contributed by atoms with van der Waals surface area (Å²) in [5, 5.41) is 2.45. The molecule has 1 N–H and O–H groups in total. The van der Waals surface area contributed by atoms with Gasteiger partial charge in [-0.1, -0.05) is 6.07 Å². The number of sulfone groups is 1. The minimum Gasteiger partial charge on any atom is -0.319 e. The number of halogens is 1. The molecule has 2 aromatic carbocycles. The van der Waals surface area contributed by atoms with E-state index in [1.54, 1.807) is 13.0 Å². The fourth-order valence-corrected chi connectivity index (χ4v) is 2.40. The van der Waals surface area contributed by atoms with Gasteiger partial charge in [0.15, 0.2) is 9.84 Å². The number of carbonyl (C=O) groups excluding carboxylic acids is 1. The van der Waals surface area contributed by atoms with Crippen molar-refractivity contribution in [2.45, 2.75) is 11.8 Å². The second-order valence-electron chi connectivity index (χ2n) is 4.73. The van der Waals surface area contributed by atoms with Crippen molar-refractivity contribution in [2.24, 2.45) is 0 Å². The summed E-state index contributed by atoms with van der Waals surface area (Å²) in [6, 6.07) is 9.95. The van der Waals surface area contributed by atoms with Gasteiger partial charge in [-0.2, -0.15) is 0 Å². The van der Waals surface area contributed by atoms with Crippen LogP contribution in [-0.4, -0.2) is 20.6 Å². The molecule has 0 atom stereocenters. The second kappa shape index (κ2) is 5.65. The Balaban J connectivity index is 2.21. The van der Waals surface area contributed by atoms with Crippen molar-refractivity contribution in [2.75, 3.05) is 11.6 Å². The van der Waals surface area contributed by atoms with Gasteiger partial charge in [0.05, 0.1) is 10.6 Å². The Morgan fingerprint density at radius 2 is 1.71 bits per heavy atom. The molecule has 0 aliphatic rings. The van der Waals surface area contributed by atoms with Crippen molar-refractivity contribution < 1.29 is 17.6 Å². The molecule has 1 amide bonds. The van der Waals surface area contributed by atoms with E-state index in [2.05, 4.69) is 5.32 Å². The van der Waals surface area contributed by atoms with E-state index < -0.39 is 21.6 Å². The lowest BCUT2D eigenvalue weighted by Gasteiger charge is -2.07. The molecule has 21 heavy (non-hydrogen) atoms. The summed E-state index contributed by atoms with van der Waals surface area (Å²) >= 11 is 0. The first-order chi connectivity index (χ1) is 9.77. The minimum absolute atomic E-state index is 0.0813. The van der Waals surface area contributed by atoms with Gasteiger partial charge in [-0.25, -0.2) is 12.8 Å². The summed E-state index contributed by atoms with van der Waals surface area (Å²) in [5.74, 6) is -1.02.